The summed E-state index contributed by atoms with van der Waals surface area (Å²) in [7, 11) is 0. The van der Waals surface area contributed by atoms with Crippen molar-refractivity contribution in [2.45, 2.75) is 52.4 Å². The SMILES string of the molecule is CCOc1cc2oc3c(c2cc1/C(C)=C/C(=O)N1CCCC1)CCCC3. The van der Waals surface area contributed by atoms with Crippen LogP contribution in [0.25, 0.3) is 16.5 Å². The van der Waals surface area contributed by atoms with Gasteiger partial charge < -0.3 is 14.1 Å². The number of hydrogen-bond acceptors (Lipinski definition) is 3. The molecule has 0 spiro atoms. The molecule has 0 unspecified atom stereocenters. The average Bonchev–Trinajstić information content (AvgIpc) is 3.29. The van der Waals surface area contributed by atoms with Crippen molar-refractivity contribution in [3.8, 4) is 5.75 Å². The molecule has 0 radical (unpaired) electrons. The largest absolute Gasteiger partial charge is 0.493 e. The van der Waals surface area contributed by atoms with Crippen molar-refractivity contribution in [1.29, 1.82) is 0 Å². The first-order valence-corrected chi connectivity index (χ1v) is 9.86. The summed E-state index contributed by atoms with van der Waals surface area (Å²) in [6, 6.07) is 4.17. The van der Waals surface area contributed by atoms with Crippen LogP contribution in [0.15, 0.2) is 22.6 Å². The van der Waals surface area contributed by atoms with E-state index in [2.05, 4.69) is 6.07 Å². The molecule has 2 heterocycles. The van der Waals surface area contributed by atoms with Gasteiger partial charge in [0.15, 0.2) is 0 Å². The molecule has 0 bridgehead atoms. The summed E-state index contributed by atoms with van der Waals surface area (Å²) < 4.78 is 12.0. The molecule has 1 fully saturated rings. The zero-order chi connectivity index (χ0) is 18.1. The number of carbonyl (C=O) groups excluding carboxylic acids is 1. The maximum atomic E-state index is 12.5. The minimum atomic E-state index is 0.108. The molecule has 0 N–H and O–H groups in total. The summed E-state index contributed by atoms with van der Waals surface area (Å²) >= 11 is 0. The quantitative estimate of drug-likeness (QED) is 0.746. The van der Waals surface area contributed by atoms with E-state index in [0.29, 0.717) is 6.61 Å². The number of nitrogens with zero attached hydrogens (tertiary/aromatic N) is 1. The van der Waals surface area contributed by atoms with Gasteiger partial charge in [0.25, 0.3) is 0 Å². The maximum absolute atomic E-state index is 12.5. The molecule has 2 aromatic rings. The lowest BCUT2D eigenvalue weighted by Gasteiger charge is -2.15. The average molecular weight is 353 g/mol. The molecule has 1 aromatic carbocycles. The molecule has 4 nitrogen and oxygen atoms in total. The second-order valence-electron chi connectivity index (χ2n) is 7.35. The van der Waals surface area contributed by atoms with Crippen molar-refractivity contribution in [1.82, 2.24) is 4.90 Å². The third-order valence-electron chi connectivity index (χ3n) is 5.54. The molecule has 1 saturated heterocycles. The number of rotatable bonds is 4. The van der Waals surface area contributed by atoms with Gasteiger partial charge in [-0.3, -0.25) is 4.79 Å². The number of ether oxygens (including phenoxy) is 1. The molecule has 2 aliphatic rings. The van der Waals surface area contributed by atoms with Gasteiger partial charge in [0.1, 0.15) is 17.1 Å². The normalized spacial score (nSPS) is 17.6. The number of fused-ring (bicyclic) bond motifs is 3. The van der Waals surface area contributed by atoms with Gasteiger partial charge in [-0.15, -0.1) is 0 Å². The molecular weight excluding hydrogens is 326 g/mol. The van der Waals surface area contributed by atoms with Crippen LogP contribution in [0.4, 0.5) is 0 Å². The van der Waals surface area contributed by atoms with Crippen molar-refractivity contribution >= 4 is 22.4 Å². The third kappa shape index (κ3) is 3.13. The maximum Gasteiger partial charge on any atom is 0.246 e. The minimum absolute atomic E-state index is 0.108. The van der Waals surface area contributed by atoms with Gasteiger partial charge in [0.05, 0.1) is 6.61 Å². The predicted molar refractivity (Wildman–Crippen MR) is 103 cm³/mol. The fraction of sp³-hybridized carbons (Fsp3) is 0.500. The zero-order valence-corrected chi connectivity index (χ0v) is 15.8. The van der Waals surface area contributed by atoms with Crippen LogP contribution in [-0.4, -0.2) is 30.5 Å². The Bertz CT molecular complexity index is 856. The Hall–Kier alpha value is -2.23. The van der Waals surface area contributed by atoms with E-state index in [9.17, 15) is 4.79 Å². The molecule has 1 amide bonds. The molecule has 1 aliphatic carbocycles. The smallest absolute Gasteiger partial charge is 0.246 e. The van der Waals surface area contributed by atoms with E-state index >= 15 is 0 Å². The van der Waals surface area contributed by atoms with Crippen LogP contribution in [0.2, 0.25) is 0 Å². The molecule has 1 aliphatic heterocycles. The highest BCUT2D eigenvalue weighted by atomic mass is 16.5. The number of benzene rings is 1. The van der Waals surface area contributed by atoms with Crippen LogP contribution in [0.1, 0.15) is 56.4 Å². The molecule has 0 saturated carbocycles. The summed E-state index contributed by atoms with van der Waals surface area (Å²) in [4.78, 5) is 14.5. The highest BCUT2D eigenvalue weighted by Crippen LogP contribution is 2.38. The zero-order valence-electron chi connectivity index (χ0n) is 15.8. The molecule has 4 rings (SSSR count). The summed E-state index contributed by atoms with van der Waals surface area (Å²) in [6.45, 7) is 6.32. The number of furan rings is 1. The molecule has 1 aromatic heterocycles. The Kier molecular flexibility index (Phi) is 4.75. The Labute approximate surface area is 154 Å². The standard InChI is InChI=1S/C22H27NO3/c1-3-25-20-14-21-18(16-8-4-5-9-19(16)26-21)13-17(20)15(2)12-22(24)23-10-6-7-11-23/h12-14H,3-11H2,1-2H3/b15-12+. The molecule has 4 heteroatoms. The second kappa shape index (κ2) is 7.18. The van der Waals surface area contributed by atoms with Crippen LogP contribution in [0, 0.1) is 0 Å². The van der Waals surface area contributed by atoms with Gasteiger partial charge in [-0.1, -0.05) is 0 Å². The van der Waals surface area contributed by atoms with Gasteiger partial charge in [-0.2, -0.15) is 0 Å². The highest BCUT2D eigenvalue weighted by Gasteiger charge is 2.21. The van der Waals surface area contributed by atoms with E-state index in [-0.39, 0.29) is 5.91 Å². The third-order valence-corrected chi connectivity index (χ3v) is 5.54. The predicted octanol–water partition coefficient (Wildman–Crippen LogP) is 4.74. The topological polar surface area (TPSA) is 42.7 Å². The Morgan fingerprint density at radius 3 is 2.73 bits per heavy atom. The monoisotopic (exact) mass is 353 g/mol. The number of allylic oxidation sites excluding steroid dienone is 1. The first kappa shape index (κ1) is 17.2. The Morgan fingerprint density at radius 2 is 1.96 bits per heavy atom. The van der Waals surface area contributed by atoms with Crippen LogP contribution in [0.5, 0.6) is 5.75 Å². The lowest BCUT2D eigenvalue weighted by atomic mass is 9.94. The van der Waals surface area contributed by atoms with E-state index in [1.807, 2.05) is 24.8 Å². The van der Waals surface area contributed by atoms with E-state index in [4.69, 9.17) is 9.15 Å². The van der Waals surface area contributed by atoms with Gasteiger partial charge in [0, 0.05) is 48.2 Å². The van der Waals surface area contributed by atoms with Crippen LogP contribution < -0.4 is 4.74 Å². The van der Waals surface area contributed by atoms with Crippen molar-refractivity contribution in [3.05, 3.63) is 35.1 Å². The van der Waals surface area contributed by atoms with Gasteiger partial charge in [-0.25, -0.2) is 0 Å². The fourth-order valence-electron chi connectivity index (χ4n) is 4.16. The number of amides is 1. The summed E-state index contributed by atoms with van der Waals surface area (Å²) in [5.74, 6) is 2.03. The van der Waals surface area contributed by atoms with E-state index in [1.165, 1.54) is 23.8 Å². The van der Waals surface area contributed by atoms with Crippen molar-refractivity contribution in [2.24, 2.45) is 0 Å². The number of aryl methyl sites for hydroxylation is 2. The van der Waals surface area contributed by atoms with Gasteiger partial charge in [0.2, 0.25) is 5.91 Å². The molecule has 138 valence electrons. The lowest BCUT2D eigenvalue weighted by Crippen LogP contribution is -2.25. The van der Waals surface area contributed by atoms with E-state index in [1.54, 1.807) is 6.08 Å². The van der Waals surface area contributed by atoms with Crippen LogP contribution >= 0.6 is 0 Å². The highest BCUT2D eigenvalue weighted by molar-refractivity contribution is 5.97. The van der Waals surface area contributed by atoms with Crippen LogP contribution in [-0.2, 0) is 17.6 Å². The van der Waals surface area contributed by atoms with Crippen molar-refractivity contribution in [2.75, 3.05) is 19.7 Å². The van der Waals surface area contributed by atoms with E-state index < -0.39 is 0 Å². The van der Waals surface area contributed by atoms with Crippen molar-refractivity contribution in [3.63, 3.8) is 0 Å². The number of carbonyl (C=O) groups is 1. The summed E-state index contributed by atoms with van der Waals surface area (Å²) in [6.07, 6.45) is 8.48. The second-order valence-corrected chi connectivity index (χ2v) is 7.35. The summed E-state index contributed by atoms with van der Waals surface area (Å²) in [5.41, 5.74) is 4.20. The lowest BCUT2D eigenvalue weighted by molar-refractivity contribution is -0.124. The number of likely N-dealkylation sites (tertiary alicyclic amines) is 1. The molecular formula is C22H27NO3. The molecule has 0 atom stereocenters. The fourth-order valence-corrected chi connectivity index (χ4v) is 4.16. The first-order valence-electron chi connectivity index (χ1n) is 9.86. The first-order chi connectivity index (χ1) is 12.7. The van der Waals surface area contributed by atoms with Gasteiger partial charge in [-0.05, 0) is 57.6 Å². The Morgan fingerprint density at radius 1 is 1.19 bits per heavy atom. The van der Waals surface area contributed by atoms with E-state index in [0.717, 1.165) is 67.0 Å². The van der Waals surface area contributed by atoms with Crippen molar-refractivity contribution < 1.29 is 13.9 Å². The van der Waals surface area contributed by atoms with Crippen LogP contribution in [0.3, 0.4) is 0 Å². The number of hydrogen-bond donors (Lipinski definition) is 0. The van der Waals surface area contributed by atoms with Gasteiger partial charge >= 0.3 is 0 Å². The summed E-state index contributed by atoms with van der Waals surface area (Å²) in [5, 5.41) is 1.18. The Balaban J connectivity index is 1.76. The molecule has 26 heavy (non-hydrogen) atoms. The minimum Gasteiger partial charge on any atom is -0.493 e.